The van der Waals surface area contributed by atoms with Gasteiger partial charge in [-0.3, -0.25) is 4.79 Å². The van der Waals surface area contributed by atoms with Crippen LogP contribution in [0.15, 0.2) is 0 Å². The summed E-state index contributed by atoms with van der Waals surface area (Å²) in [6.07, 6.45) is -1.12. The number of halogens is 5. The fraction of sp³-hybridized carbons (Fsp3) is 0.300. The molecule has 0 amide bonds. The van der Waals surface area contributed by atoms with E-state index in [4.69, 9.17) is 10.8 Å². The number of benzene rings is 1. The standard InChI is InChI=1S/C10H8F5NO2/c11-5-3(1-2-4(16)10(17)18)6(12)8(14)9(15)7(5)13/h4H,1-2,16H2,(H,17,18)/t4-/m0/s1. The van der Waals surface area contributed by atoms with E-state index in [1.807, 2.05) is 0 Å². The van der Waals surface area contributed by atoms with Gasteiger partial charge in [0.2, 0.25) is 5.82 Å². The van der Waals surface area contributed by atoms with E-state index in [-0.39, 0.29) is 0 Å². The lowest BCUT2D eigenvalue weighted by atomic mass is 10.0. The number of carboxylic acids is 1. The van der Waals surface area contributed by atoms with Crippen molar-refractivity contribution in [3.63, 3.8) is 0 Å². The maximum Gasteiger partial charge on any atom is 0.320 e. The molecule has 0 aromatic heterocycles. The zero-order valence-electron chi connectivity index (χ0n) is 8.81. The Kier molecular flexibility index (Phi) is 4.23. The molecule has 0 aliphatic rings. The van der Waals surface area contributed by atoms with E-state index in [1.54, 1.807) is 0 Å². The molecular weight excluding hydrogens is 261 g/mol. The Bertz CT molecular complexity index is 463. The third kappa shape index (κ3) is 2.58. The number of nitrogens with two attached hydrogens (primary N) is 1. The molecule has 0 spiro atoms. The van der Waals surface area contributed by atoms with Crippen LogP contribution in [0.4, 0.5) is 22.0 Å². The summed E-state index contributed by atoms with van der Waals surface area (Å²) in [6.45, 7) is 0. The lowest BCUT2D eigenvalue weighted by Crippen LogP contribution is -2.30. The first-order valence-electron chi connectivity index (χ1n) is 4.76. The molecule has 0 unspecified atom stereocenters. The number of aliphatic carboxylic acids is 1. The fourth-order valence-corrected chi connectivity index (χ4v) is 1.29. The van der Waals surface area contributed by atoms with Crippen LogP contribution in [-0.4, -0.2) is 17.1 Å². The van der Waals surface area contributed by atoms with Crippen LogP contribution in [0.5, 0.6) is 0 Å². The van der Waals surface area contributed by atoms with Crippen LogP contribution < -0.4 is 5.73 Å². The van der Waals surface area contributed by atoms with Crippen LogP contribution in [0.25, 0.3) is 0 Å². The summed E-state index contributed by atoms with van der Waals surface area (Å²) in [6, 6.07) is -1.44. The third-order valence-electron chi connectivity index (χ3n) is 2.32. The molecule has 0 bridgehead atoms. The molecule has 0 heterocycles. The minimum absolute atomic E-state index is 0.451. The molecule has 0 fully saturated rings. The van der Waals surface area contributed by atoms with Gasteiger partial charge >= 0.3 is 5.97 Å². The van der Waals surface area contributed by atoms with E-state index in [0.29, 0.717) is 0 Å². The highest BCUT2D eigenvalue weighted by Crippen LogP contribution is 2.24. The Labute approximate surface area is 98.0 Å². The summed E-state index contributed by atoms with van der Waals surface area (Å²) < 4.78 is 64.5. The maximum absolute atomic E-state index is 13.1. The van der Waals surface area contributed by atoms with Crippen LogP contribution in [0.3, 0.4) is 0 Å². The number of carboxylic acid groups (broad SMARTS) is 1. The van der Waals surface area contributed by atoms with E-state index in [0.717, 1.165) is 0 Å². The highest BCUT2D eigenvalue weighted by molar-refractivity contribution is 5.73. The minimum Gasteiger partial charge on any atom is -0.480 e. The molecule has 0 saturated carbocycles. The van der Waals surface area contributed by atoms with E-state index in [9.17, 15) is 26.7 Å². The zero-order valence-corrected chi connectivity index (χ0v) is 8.81. The van der Waals surface area contributed by atoms with Gasteiger partial charge in [0.15, 0.2) is 23.3 Å². The molecule has 1 aromatic carbocycles. The first-order valence-corrected chi connectivity index (χ1v) is 4.76. The Morgan fingerprint density at radius 1 is 1.00 bits per heavy atom. The normalized spacial score (nSPS) is 12.6. The quantitative estimate of drug-likeness (QED) is 0.497. The molecule has 1 rings (SSSR count). The molecule has 18 heavy (non-hydrogen) atoms. The third-order valence-corrected chi connectivity index (χ3v) is 2.32. The van der Waals surface area contributed by atoms with E-state index < -0.39 is 59.5 Å². The van der Waals surface area contributed by atoms with Gasteiger partial charge in [0, 0.05) is 5.56 Å². The zero-order chi connectivity index (χ0) is 14.0. The van der Waals surface area contributed by atoms with Gasteiger partial charge in [-0.05, 0) is 12.8 Å². The summed E-state index contributed by atoms with van der Waals surface area (Å²) in [5, 5.41) is 8.43. The Morgan fingerprint density at radius 3 is 1.78 bits per heavy atom. The fourth-order valence-electron chi connectivity index (χ4n) is 1.29. The first kappa shape index (κ1) is 14.4. The number of hydrogen-bond donors (Lipinski definition) is 2. The van der Waals surface area contributed by atoms with Crippen molar-refractivity contribution < 1.29 is 31.9 Å². The SMILES string of the molecule is N[C@@H](CCc1c(F)c(F)c(F)c(F)c1F)C(=O)O. The molecule has 8 heteroatoms. The topological polar surface area (TPSA) is 63.3 Å². The minimum atomic E-state index is -2.25. The maximum atomic E-state index is 13.1. The van der Waals surface area contributed by atoms with Gasteiger partial charge in [0.25, 0.3) is 0 Å². The molecule has 0 saturated heterocycles. The molecule has 0 aliphatic carbocycles. The van der Waals surface area contributed by atoms with Gasteiger partial charge in [-0.1, -0.05) is 0 Å². The van der Waals surface area contributed by atoms with Crippen LogP contribution in [0, 0.1) is 29.1 Å². The van der Waals surface area contributed by atoms with E-state index >= 15 is 0 Å². The van der Waals surface area contributed by atoms with E-state index in [2.05, 4.69) is 0 Å². The monoisotopic (exact) mass is 269 g/mol. The summed E-state index contributed by atoms with van der Waals surface area (Å²) in [7, 11) is 0. The highest BCUT2D eigenvalue weighted by Gasteiger charge is 2.26. The second-order valence-corrected chi connectivity index (χ2v) is 3.53. The van der Waals surface area contributed by atoms with E-state index in [1.165, 1.54) is 0 Å². The second kappa shape index (κ2) is 5.30. The Morgan fingerprint density at radius 2 is 1.39 bits per heavy atom. The molecule has 100 valence electrons. The number of rotatable bonds is 4. The molecule has 3 N–H and O–H groups in total. The van der Waals surface area contributed by atoms with Crippen LogP contribution >= 0.6 is 0 Å². The van der Waals surface area contributed by atoms with Gasteiger partial charge in [0.1, 0.15) is 6.04 Å². The number of carbonyl (C=O) groups is 1. The van der Waals surface area contributed by atoms with Crippen molar-refractivity contribution in [1.29, 1.82) is 0 Å². The van der Waals surface area contributed by atoms with Crippen LogP contribution in [0.2, 0.25) is 0 Å². The van der Waals surface area contributed by atoms with Gasteiger partial charge in [0.05, 0.1) is 0 Å². The Balaban J connectivity index is 3.07. The molecular formula is C10H8F5NO2. The smallest absolute Gasteiger partial charge is 0.320 e. The van der Waals surface area contributed by atoms with Gasteiger partial charge < -0.3 is 10.8 Å². The van der Waals surface area contributed by atoms with Crippen molar-refractivity contribution in [2.45, 2.75) is 18.9 Å². The van der Waals surface area contributed by atoms with Gasteiger partial charge in [-0.15, -0.1) is 0 Å². The van der Waals surface area contributed by atoms with Crippen LogP contribution in [0.1, 0.15) is 12.0 Å². The molecule has 0 radical (unpaired) electrons. The summed E-state index contributed by atoms with van der Waals surface area (Å²) in [4.78, 5) is 10.4. The van der Waals surface area contributed by atoms with Crippen molar-refractivity contribution in [2.24, 2.45) is 5.73 Å². The molecule has 1 aromatic rings. The van der Waals surface area contributed by atoms with Crippen molar-refractivity contribution in [3.05, 3.63) is 34.6 Å². The number of hydrogen-bond acceptors (Lipinski definition) is 2. The van der Waals surface area contributed by atoms with Crippen molar-refractivity contribution in [3.8, 4) is 0 Å². The molecule has 3 nitrogen and oxygen atoms in total. The van der Waals surface area contributed by atoms with Gasteiger partial charge in [-0.2, -0.15) is 0 Å². The highest BCUT2D eigenvalue weighted by atomic mass is 19.2. The summed E-state index contributed by atoms with van der Waals surface area (Å²) in [5.41, 5.74) is 4.00. The average molecular weight is 269 g/mol. The van der Waals surface area contributed by atoms with Gasteiger partial charge in [-0.25, -0.2) is 22.0 Å². The lowest BCUT2D eigenvalue weighted by molar-refractivity contribution is -0.138. The molecule has 0 aliphatic heterocycles. The largest absolute Gasteiger partial charge is 0.480 e. The predicted molar refractivity (Wildman–Crippen MR) is 50.2 cm³/mol. The summed E-state index contributed by atoms with van der Waals surface area (Å²) >= 11 is 0. The summed E-state index contributed by atoms with van der Waals surface area (Å²) in [5.74, 6) is -11.7. The van der Waals surface area contributed by atoms with Crippen molar-refractivity contribution >= 4 is 5.97 Å². The predicted octanol–water partition coefficient (Wildman–Crippen LogP) is 1.73. The van der Waals surface area contributed by atoms with Crippen LogP contribution in [-0.2, 0) is 11.2 Å². The Hall–Kier alpha value is -1.70. The van der Waals surface area contributed by atoms with Crippen molar-refractivity contribution in [2.75, 3.05) is 0 Å². The molecule has 1 atom stereocenters. The first-order chi connectivity index (χ1) is 8.27. The lowest BCUT2D eigenvalue weighted by Gasteiger charge is -2.09. The van der Waals surface area contributed by atoms with Crippen molar-refractivity contribution in [1.82, 2.24) is 0 Å². The second-order valence-electron chi connectivity index (χ2n) is 3.53. The average Bonchev–Trinajstić information content (AvgIpc) is 2.33.